The number of amides is 1. The zero-order valence-corrected chi connectivity index (χ0v) is 10.2. The quantitative estimate of drug-likeness (QED) is 0.873. The van der Waals surface area contributed by atoms with Crippen molar-refractivity contribution in [2.24, 2.45) is 5.92 Å². The number of aliphatic hydroxyl groups is 1. The van der Waals surface area contributed by atoms with Crippen molar-refractivity contribution in [3.05, 3.63) is 23.1 Å². The molecule has 1 aromatic heterocycles. The molecule has 1 fully saturated rings. The van der Waals surface area contributed by atoms with Gasteiger partial charge in [-0.1, -0.05) is 0 Å². The number of aliphatic hydroxyl groups excluding tert-OH is 1. The van der Waals surface area contributed by atoms with Gasteiger partial charge in [0.25, 0.3) is 5.91 Å². The van der Waals surface area contributed by atoms with Crippen LogP contribution in [0.3, 0.4) is 0 Å². The highest BCUT2D eigenvalue weighted by Crippen LogP contribution is 2.24. The van der Waals surface area contributed by atoms with Crippen LogP contribution in [0.15, 0.2) is 16.7 Å². The van der Waals surface area contributed by atoms with Crippen LogP contribution >= 0.6 is 11.6 Å². The number of carbonyl (C=O) groups excluding carboxylic acids is 1. The Bertz CT molecular complexity index is 383. The number of halogens is 1. The molecule has 0 radical (unpaired) electrons. The summed E-state index contributed by atoms with van der Waals surface area (Å²) < 4.78 is 4.88. The van der Waals surface area contributed by atoms with Crippen LogP contribution in [0.2, 0.25) is 5.22 Å². The first-order valence-electron chi connectivity index (χ1n) is 5.85. The molecule has 1 aliphatic carbocycles. The van der Waals surface area contributed by atoms with Crippen molar-refractivity contribution in [2.75, 3.05) is 6.61 Å². The van der Waals surface area contributed by atoms with Crippen molar-refractivity contribution < 1.29 is 14.3 Å². The van der Waals surface area contributed by atoms with Gasteiger partial charge in [0.15, 0.2) is 0 Å². The molecule has 0 atom stereocenters. The minimum absolute atomic E-state index is 0.131. The van der Waals surface area contributed by atoms with E-state index in [1.54, 1.807) is 6.07 Å². The second-order valence-corrected chi connectivity index (χ2v) is 4.82. The molecular formula is C12H16ClNO3. The van der Waals surface area contributed by atoms with Gasteiger partial charge in [-0.05, 0) is 49.3 Å². The van der Waals surface area contributed by atoms with Gasteiger partial charge in [0, 0.05) is 12.6 Å². The van der Waals surface area contributed by atoms with E-state index in [-0.39, 0.29) is 23.8 Å². The van der Waals surface area contributed by atoms with Crippen LogP contribution in [-0.2, 0) is 0 Å². The predicted molar refractivity (Wildman–Crippen MR) is 64.0 cm³/mol. The van der Waals surface area contributed by atoms with E-state index >= 15 is 0 Å². The molecule has 2 rings (SSSR count). The molecule has 0 aromatic carbocycles. The molecule has 0 bridgehead atoms. The van der Waals surface area contributed by atoms with Crippen LogP contribution in [0.4, 0.5) is 0 Å². The predicted octanol–water partition coefficient (Wildman–Crippen LogP) is 2.21. The summed E-state index contributed by atoms with van der Waals surface area (Å²) in [5, 5.41) is 12.1. The topological polar surface area (TPSA) is 62.5 Å². The Morgan fingerprint density at radius 1 is 1.47 bits per heavy atom. The maximum Gasteiger partial charge on any atom is 0.256 e. The highest BCUT2D eigenvalue weighted by Gasteiger charge is 2.23. The van der Waals surface area contributed by atoms with E-state index in [4.69, 9.17) is 21.1 Å². The third kappa shape index (κ3) is 3.01. The standard InChI is InChI=1S/C12H16ClNO3/c13-11-10(5-6-17-11)12(16)14-9-3-1-8(7-15)2-4-9/h5-6,8-9,15H,1-4,7H2,(H,14,16). The van der Waals surface area contributed by atoms with E-state index in [0.29, 0.717) is 11.5 Å². The number of nitrogens with one attached hydrogen (secondary N) is 1. The first-order chi connectivity index (χ1) is 8.20. The lowest BCUT2D eigenvalue weighted by molar-refractivity contribution is 0.0913. The lowest BCUT2D eigenvalue weighted by atomic mass is 9.86. The third-order valence-electron chi connectivity index (χ3n) is 3.30. The molecule has 0 aliphatic heterocycles. The van der Waals surface area contributed by atoms with Gasteiger partial charge in [-0.2, -0.15) is 0 Å². The van der Waals surface area contributed by atoms with Crippen molar-refractivity contribution in [3.63, 3.8) is 0 Å². The normalized spacial score (nSPS) is 24.6. The number of rotatable bonds is 3. The molecule has 0 saturated heterocycles. The largest absolute Gasteiger partial charge is 0.452 e. The fourth-order valence-electron chi connectivity index (χ4n) is 2.21. The fourth-order valence-corrected chi connectivity index (χ4v) is 2.41. The molecule has 5 heteroatoms. The maximum atomic E-state index is 11.8. The highest BCUT2D eigenvalue weighted by molar-refractivity contribution is 6.32. The minimum Gasteiger partial charge on any atom is -0.452 e. The Balaban J connectivity index is 1.86. The average Bonchev–Trinajstić information content (AvgIpc) is 2.76. The summed E-state index contributed by atoms with van der Waals surface area (Å²) in [6.07, 6.45) is 5.14. The van der Waals surface area contributed by atoms with E-state index in [2.05, 4.69) is 5.32 Å². The highest BCUT2D eigenvalue weighted by atomic mass is 35.5. The number of carbonyl (C=O) groups is 1. The van der Waals surface area contributed by atoms with Crippen LogP contribution in [0.1, 0.15) is 36.0 Å². The molecule has 1 amide bonds. The van der Waals surface area contributed by atoms with E-state index in [1.807, 2.05) is 0 Å². The lowest BCUT2D eigenvalue weighted by Crippen LogP contribution is -2.38. The molecular weight excluding hydrogens is 242 g/mol. The summed E-state index contributed by atoms with van der Waals surface area (Å²) in [5.74, 6) is 0.205. The van der Waals surface area contributed by atoms with Gasteiger partial charge in [0.1, 0.15) is 0 Å². The third-order valence-corrected chi connectivity index (χ3v) is 3.60. The Labute approximate surface area is 105 Å². The molecule has 0 spiro atoms. The first-order valence-corrected chi connectivity index (χ1v) is 6.23. The van der Waals surface area contributed by atoms with Gasteiger partial charge < -0.3 is 14.8 Å². The Morgan fingerprint density at radius 2 is 2.18 bits per heavy atom. The Kier molecular flexibility index (Phi) is 4.07. The van der Waals surface area contributed by atoms with E-state index in [9.17, 15) is 4.79 Å². The van der Waals surface area contributed by atoms with Gasteiger partial charge in [0.05, 0.1) is 11.8 Å². The minimum atomic E-state index is -0.184. The molecule has 1 heterocycles. The molecule has 0 unspecified atom stereocenters. The van der Waals surface area contributed by atoms with Crippen LogP contribution in [0, 0.1) is 5.92 Å². The number of hydrogen-bond acceptors (Lipinski definition) is 3. The van der Waals surface area contributed by atoms with Gasteiger partial charge in [0.2, 0.25) is 5.22 Å². The van der Waals surface area contributed by atoms with Crippen LogP contribution < -0.4 is 5.32 Å². The van der Waals surface area contributed by atoms with Crippen molar-refractivity contribution >= 4 is 17.5 Å². The summed E-state index contributed by atoms with van der Waals surface area (Å²) in [5.41, 5.74) is 0.385. The molecule has 17 heavy (non-hydrogen) atoms. The molecule has 1 saturated carbocycles. The van der Waals surface area contributed by atoms with E-state index in [1.165, 1.54) is 6.26 Å². The first kappa shape index (κ1) is 12.5. The second-order valence-electron chi connectivity index (χ2n) is 4.48. The van der Waals surface area contributed by atoms with Crippen LogP contribution in [0.25, 0.3) is 0 Å². The SMILES string of the molecule is O=C(NC1CCC(CO)CC1)c1ccoc1Cl. The molecule has 1 aliphatic rings. The molecule has 4 nitrogen and oxygen atoms in total. The lowest BCUT2D eigenvalue weighted by Gasteiger charge is -2.27. The zero-order valence-electron chi connectivity index (χ0n) is 9.49. The van der Waals surface area contributed by atoms with Crippen molar-refractivity contribution in [1.82, 2.24) is 5.32 Å². The zero-order chi connectivity index (χ0) is 12.3. The van der Waals surface area contributed by atoms with Gasteiger partial charge in [-0.3, -0.25) is 4.79 Å². The Morgan fingerprint density at radius 3 is 2.71 bits per heavy atom. The summed E-state index contributed by atoms with van der Waals surface area (Å²) >= 11 is 5.74. The van der Waals surface area contributed by atoms with E-state index < -0.39 is 0 Å². The van der Waals surface area contributed by atoms with Crippen LogP contribution in [0.5, 0.6) is 0 Å². The maximum absolute atomic E-state index is 11.8. The van der Waals surface area contributed by atoms with Crippen molar-refractivity contribution in [2.45, 2.75) is 31.7 Å². The molecule has 1 aromatic rings. The molecule has 2 N–H and O–H groups in total. The smallest absolute Gasteiger partial charge is 0.256 e. The number of hydrogen-bond donors (Lipinski definition) is 2. The van der Waals surface area contributed by atoms with Crippen LogP contribution in [-0.4, -0.2) is 23.7 Å². The molecule has 94 valence electrons. The summed E-state index contributed by atoms with van der Waals surface area (Å²) in [6, 6.07) is 1.74. The summed E-state index contributed by atoms with van der Waals surface area (Å²) in [7, 11) is 0. The van der Waals surface area contributed by atoms with E-state index in [0.717, 1.165) is 25.7 Å². The van der Waals surface area contributed by atoms with Crippen molar-refractivity contribution in [1.29, 1.82) is 0 Å². The number of furan rings is 1. The summed E-state index contributed by atoms with van der Waals surface area (Å²) in [4.78, 5) is 11.8. The average molecular weight is 258 g/mol. The van der Waals surface area contributed by atoms with Gasteiger partial charge >= 0.3 is 0 Å². The van der Waals surface area contributed by atoms with Crippen molar-refractivity contribution in [3.8, 4) is 0 Å². The fraction of sp³-hybridized carbons (Fsp3) is 0.583. The summed E-state index contributed by atoms with van der Waals surface area (Å²) in [6.45, 7) is 0.244. The second kappa shape index (κ2) is 5.56. The van der Waals surface area contributed by atoms with Gasteiger partial charge in [-0.15, -0.1) is 0 Å². The Hall–Kier alpha value is -1.00. The monoisotopic (exact) mass is 257 g/mol. The van der Waals surface area contributed by atoms with Gasteiger partial charge in [-0.25, -0.2) is 0 Å².